The molecule has 7 nitrogen and oxygen atoms in total. The highest BCUT2D eigenvalue weighted by molar-refractivity contribution is 6.32. The van der Waals surface area contributed by atoms with Crippen molar-refractivity contribution in [1.82, 2.24) is 20.0 Å². The van der Waals surface area contributed by atoms with Crippen LogP contribution >= 0.6 is 23.2 Å². The number of carbonyl (C=O) groups is 1. The molecule has 0 radical (unpaired) electrons. The molecule has 9 heteroatoms. The number of benzene rings is 2. The van der Waals surface area contributed by atoms with E-state index in [0.29, 0.717) is 48.2 Å². The average Bonchev–Trinajstić information content (AvgIpc) is 3.17. The van der Waals surface area contributed by atoms with E-state index < -0.39 is 17.6 Å². The third-order valence-electron chi connectivity index (χ3n) is 6.79. The maximum absolute atomic E-state index is 12.0. The van der Waals surface area contributed by atoms with Crippen LogP contribution in [0.15, 0.2) is 48.5 Å². The van der Waals surface area contributed by atoms with Crippen LogP contribution in [0.1, 0.15) is 44.1 Å². The monoisotopic (exact) mass is 530 g/mol. The Morgan fingerprint density at radius 1 is 1.11 bits per heavy atom. The number of aliphatic hydroxyl groups excluding tert-OH is 1. The maximum Gasteiger partial charge on any atom is 0.324 e. The second-order valence-electron chi connectivity index (χ2n) is 9.73. The number of rotatable bonds is 8. The number of likely N-dealkylation sites (tertiary alicyclic amines) is 1. The molecular formula is C27H32Cl2N4O3. The van der Waals surface area contributed by atoms with Gasteiger partial charge in [0.25, 0.3) is 0 Å². The number of para-hydroxylation sites is 1. The van der Waals surface area contributed by atoms with Crippen molar-refractivity contribution >= 4 is 29.2 Å². The van der Waals surface area contributed by atoms with Crippen molar-refractivity contribution in [3.05, 3.63) is 69.8 Å². The van der Waals surface area contributed by atoms with Crippen LogP contribution in [0.3, 0.4) is 0 Å². The Hall–Kier alpha value is -2.42. The van der Waals surface area contributed by atoms with Gasteiger partial charge in [0.2, 0.25) is 0 Å². The molecule has 3 N–H and O–H groups in total. The largest absolute Gasteiger partial charge is 0.480 e. The minimum absolute atomic E-state index is 0.0703. The van der Waals surface area contributed by atoms with Crippen molar-refractivity contribution in [2.45, 2.75) is 51.3 Å². The van der Waals surface area contributed by atoms with E-state index in [1.165, 1.54) is 0 Å². The Bertz CT molecular complexity index is 1220. The number of carboxylic acid groups (broad SMARTS) is 1. The molecule has 1 aromatic heterocycles. The molecule has 1 fully saturated rings. The summed E-state index contributed by atoms with van der Waals surface area (Å²) in [6, 6.07) is 15.0. The molecule has 1 aliphatic rings. The first-order chi connectivity index (χ1) is 17.1. The molecule has 2 aromatic carbocycles. The normalized spacial score (nSPS) is 16.9. The Morgan fingerprint density at radius 3 is 2.33 bits per heavy atom. The number of hydrogen-bond donors (Lipinski definition) is 3. The van der Waals surface area contributed by atoms with Crippen LogP contribution in [-0.4, -0.2) is 62.1 Å². The molecule has 0 aliphatic carbocycles. The molecule has 192 valence electrons. The summed E-state index contributed by atoms with van der Waals surface area (Å²) in [5.74, 6) is -0.821. The van der Waals surface area contributed by atoms with Crippen molar-refractivity contribution in [2.75, 3.05) is 19.6 Å². The Balaban J connectivity index is 1.61. The SMILES string of the molecule is Cc1c(C(O)CN2CCC(NC(C)C)(C(=O)O)CC2)nn(-c2ccccc2Cl)c1-c1ccc(Cl)cc1. The number of hydrogen-bond acceptors (Lipinski definition) is 5. The molecule has 1 atom stereocenters. The van der Waals surface area contributed by atoms with E-state index in [1.54, 1.807) is 4.68 Å². The first-order valence-corrected chi connectivity index (χ1v) is 12.9. The van der Waals surface area contributed by atoms with E-state index >= 15 is 0 Å². The minimum atomic E-state index is -0.932. The number of aromatic nitrogens is 2. The smallest absolute Gasteiger partial charge is 0.324 e. The quantitative estimate of drug-likeness (QED) is 0.375. The molecule has 4 rings (SSSR count). The van der Waals surface area contributed by atoms with Crippen molar-refractivity contribution < 1.29 is 15.0 Å². The number of carboxylic acids is 1. The first kappa shape index (κ1) is 26.6. The fraction of sp³-hybridized carbons (Fsp3) is 0.407. The second kappa shape index (κ2) is 10.9. The van der Waals surface area contributed by atoms with Crippen LogP contribution in [0.4, 0.5) is 0 Å². The number of nitrogens with one attached hydrogen (secondary N) is 1. The number of halogens is 2. The van der Waals surface area contributed by atoms with Crippen LogP contribution < -0.4 is 5.32 Å². The number of β-amino-alcohol motifs (C(OH)–C–C–N with tert-alkyl or cyclic N) is 1. The van der Waals surface area contributed by atoms with Gasteiger partial charge in [0.1, 0.15) is 11.6 Å². The van der Waals surface area contributed by atoms with E-state index in [1.807, 2.05) is 69.3 Å². The maximum atomic E-state index is 12.0. The summed E-state index contributed by atoms with van der Waals surface area (Å²) in [4.78, 5) is 14.1. The summed E-state index contributed by atoms with van der Waals surface area (Å²) >= 11 is 12.6. The molecular weight excluding hydrogens is 499 g/mol. The van der Waals surface area contributed by atoms with Crippen LogP contribution in [0.2, 0.25) is 10.0 Å². The molecule has 1 saturated heterocycles. The van der Waals surface area contributed by atoms with Gasteiger partial charge in [0.15, 0.2) is 0 Å². The molecule has 0 amide bonds. The zero-order valence-corrected chi connectivity index (χ0v) is 22.2. The number of aliphatic hydroxyl groups is 1. The number of aliphatic carboxylic acids is 1. The van der Waals surface area contributed by atoms with E-state index in [4.69, 9.17) is 28.3 Å². The van der Waals surface area contributed by atoms with Gasteiger partial charge in [-0.25, -0.2) is 4.68 Å². The number of nitrogens with zero attached hydrogens (tertiary/aromatic N) is 3. The second-order valence-corrected chi connectivity index (χ2v) is 10.6. The molecule has 3 aromatic rings. The van der Waals surface area contributed by atoms with Gasteiger partial charge in [0, 0.05) is 41.8 Å². The van der Waals surface area contributed by atoms with Crippen molar-refractivity contribution in [3.8, 4) is 16.9 Å². The van der Waals surface area contributed by atoms with Crippen molar-refractivity contribution in [3.63, 3.8) is 0 Å². The fourth-order valence-electron chi connectivity index (χ4n) is 4.99. The van der Waals surface area contributed by atoms with Crippen LogP contribution in [0.25, 0.3) is 16.9 Å². The van der Waals surface area contributed by atoms with Gasteiger partial charge in [-0.2, -0.15) is 5.10 Å². The predicted molar refractivity (Wildman–Crippen MR) is 143 cm³/mol. The minimum Gasteiger partial charge on any atom is -0.480 e. The molecule has 0 bridgehead atoms. The lowest BCUT2D eigenvalue weighted by Gasteiger charge is -2.41. The highest BCUT2D eigenvalue weighted by Gasteiger charge is 2.42. The predicted octanol–water partition coefficient (Wildman–Crippen LogP) is 5.11. The van der Waals surface area contributed by atoms with Gasteiger partial charge in [0.05, 0.1) is 22.1 Å². The lowest BCUT2D eigenvalue weighted by molar-refractivity contribution is -0.147. The summed E-state index contributed by atoms with van der Waals surface area (Å²) in [5, 5.41) is 30.4. The molecule has 0 spiro atoms. The Morgan fingerprint density at radius 2 is 1.75 bits per heavy atom. The van der Waals surface area contributed by atoms with Gasteiger partial charge in [-0.15, -0.1) is 0 Å². The summed E-state index contributed by atoms with van der Waals surface area (Å²) < 4.78 is 1.78. The van der Waals surface area contributed by atoms with Gasteiger partial charge in [-0.1, -0.05) is 47.5 Å². The summed E-state index contributed by atoms with van der Waals surface area (Å²) in [7, 11) is 0. The highest BCUT2D eigenvalue weighted by atomic mass is 35.5. The molecule has 2 heterocycles. The van der Waals surface area contributed by atoms with Crippen LogP contribution in [0, 0.1) is 6.92 Å². The van der Waals surface area contributed by atoms with E-state index in [-0.39, 0.29) is 6.04 Å². The standard InChI is InChI=1S/C27H32Cl2N4O3/c1-17(2)30-27(26(35)36)12-14-32(15-13-27)16-23(34)24-18(3)25(19-8-10-20(28)11-9-19)33(31-24)22-7-5-4-6-21(22)29/h4-11,17,23,30,34H,12-16H2,1-3H3,(H,35,36). The van der Waals surface area contributed by atoms with Gasteiger partial charge in [-0.3, -0.25) is 10.1 Å². The topological polar surface area (TPSA) is 90.6 Å². The third kappa shape index (κ3) is 5.45. The van der Waals surface area contributed by atoms with Gasteiger partial charge in [-0.05, 0) is 57.9 Å². The summed E-state index contributed by atoms with van der Waals surface area (Å²) in [6.45, 7) is 7.35. The van der Waals surface area contributed by atoms with E-state index in [0.717, 1.165) is 22.5 Å². The molecule has 1 unspecified atom stereocenters. The molecule has 36 heavy (non-hydrogen) atoms. The summed E-state index contributed by atoms with van der Waals surface area (Å²) in [6.07, 6.45) is 0.0854. The fourth-order valence-corrected chi connectivity index (χ4v) is 5.34. The summed E-state index contributed by atoms with van der Waals surface area (Å²) in [5.41, 5.74) is 2.94. The number of piperidine rings is 1. The zero-order chi connectivity index (χ0) is 26.0. The lowest BCUT2D eigenvalue weighted by Crippen LogP contribution is -2.60. The van der Waals surface area contributed by atoms with Gasteiger partial charge >= 0.3 is 5.97 Å². The third-order valence-corrected chi connectivity index (χ3v) is 7.36. The Kier molecular flexibility index (Phi) is 8.07. The average molecular weight is 531 g/mol. The molecule has 1 aliphatic heterocycles. The molecule has 0 saturated carbocycles. The van der Waals surface area contributed by atoms with E-state index in [9.17, 15) is 15.0 Å². The zero-order valence-electron chi connectivity index (χ0n) is 20.7. The van der Waals surface area contributed by atoms with Gasteiger partial charge < -0.3 is 15.1 Å². The van der Waals surface area contributed by atoms with Crippen LogP contribution in [0.5, 0.6) is 0 Å². The lowest BCUT2D eigenvalue weighted by atomic mass is 9.86. The van der Waals surface area contributed by atoms with Crippen LogP contribution in [-0.2, 0) is 4.79 Å². The van der Waals surface area contributed by atoms with E-state index in [2.05, 4.69) is 10.2 Å². The first-order valence-electron chi connectivity index (χ1n) is 12.1. The van der Waals surface area contributed by atoms with Crippen molar-refractivity contribution in [1.29, 1.82) is 0 Å². The Labute approximate surface area is 221 Å². The van der Waals surface area contributed by atoms with Crippen molar-refractivity contribution in [2.24, 2.45) is 0 Å². The highest BCUT2D eigenvalue weighted by Crippen LogP contribution is 2.34.